The van der Waals surface area contributed by atoms with Crippen LogP contribution in [0.1, 0.15) is 46.6 Å². The highest BCUT2D eigenvalue weighted by Crippen LogP contribution is 2.30. The van der Waals surface area contributed by atoms with E-state index >= 15 is 0 Å². The maximum Gasteiger partial charge on any atom is 0.274 e. The van der Waals surface area contributed by atoms with Gasteiger partial charge < -0.3 is 19.9 Å². The minimum atomic E-state index is -0.519. The first-order valence-corrected chi connectivity index (χ1v) is 9.68. The number of fused-ring (bicyclic) bond motifs is 3. The van der Waals surface area contributed by atoms with Crippen LogP contribution in [0.15, 0.2) is 23.0 Å². The molecule has 2 aliphatic heterocycles. The average Bonchev–Trinajstić information content (AvgIpc) is 2.86. The van der Waals surface area contributed by atoms with E-state index in [1.54, 1.807) is 10.6 Å². The average molecular weight is 406 g/mol. The van der Waals surface area contributed by atoms with Gasteiger partial charge in [0.25, 0.3) is 5.91 Å². The number of aromatic nitrogens is 1. The van der Waals surface area contributed by atoms with Gasteiger partial charge in [0.2, 0.25) is 5.43 Å². The normalized spacial score (nSPS) is 19.2. The van der Waals surface area contributed by atoms with Crippen molar-refractivity contribution >= 4 is 17.5 Å². The molecule has 4 rings (SSSR count). The van der Waals surface area contributed by atoms with Gasteiger partial charge in [-0.3, -0.25) is 9.59 Å². The molecule has 0 saturated heterocycles. The van der Waals surface area contributed by atoms with Crippen molar-refractivity contribution in [3.05, 3.63) is 61.8 Å². The highest BCUT2D eigenvalue weighted by molar-refractivity contribution is 6.30. The SMILES string of the molecule is CC1CCNCc2c1c(=O)c(O)c1n2CCN(Cc2ccc(F)c(Cl)c2)C1=O. The van der Waals surface area contributed by atoms with Crippen molar-refractivity contribution in [3.8, 4) is 5.75 Å². The predicted molar refractivity (Wildman–Crippen MR) is 103 cm³/mol. The van der Waals surface area contributed by atoms with Crippen LogP contribution in [0, 0.1) is 5.82 Å². The number of rotatable bonds is 2. The van der Waals surface area contributed by atoms with Crippen molar-refractivity contribution in [2.75, 3.05) is 13.1 Å². The van der Waals surface area contributed by atoms with E-state index in [1.807, 2.05) is 6.92 Å². The molecule has 1 amide bonds. The van der Waals surface area contributed by atoms with Crippen LogP contribution in [0.4, 0.5) is 4.39 Å². The summed E-state index contributed by atoms with van der Waals surface area (Å²) in [5.74, 6) is -1.41. The van der Waals surface area contributed by atoms with Gasteiger partial charge in [-0.1, -0.05) is 24.6 Å². The number of nitrogens with one attached hydrogen (secondary N) is 1. The Bertz CT molecular complexity index is 1020. The Hall–Kier alpha value is -2.38. The van der Waals surface area contributed by atoms with Crippen LogP contribution in [0.3, 0.4) is 0 Å². The zero-order chi connectivity index (χ0) is 20.0. The molecule has 0 aliphatic carbocycles. The third-order valence-electron chi connectivity index (χ3n) is 5.57. The number of nitrogens with zero attached hydrogens (tertiary/aromatic N) is 2. The number of hydrogen-bond donors (Lipinski definition) is 2. The number of hydrogen-bond acceptors (Lipinski definition) is 4. The largest absolute Gasteiger partial charge is 0.503 e. The first-order chi connectivity index (χ1) is 13.4. The number of amides is 1. The summed E-state index contributed by atoms with van der Waals surface area (Å²) in [4.78, 5) is 27.4. The minimum absolute atomic E-state index is 0.00759. The summed E-state index contributed by atoms with van der Waals surface area (Å²) in [6.07, 6.45) is 0.798. The summed E-state index contributed by atoms with van der Waals surface area (Å²) in [7, 11) is 0. The number of carbonyl (C=O) groups is 1. The van der Waals surface area contributed by atoms with Crippen molar-refractivity contribution in [3.63, 3.8) is 0 Å². The third-order valence-corrected chi connectivity index (χ3v) is 5.86. The molecular weight excluding hydrogens is 385 g/mol. The van der Waals surface area contributed by atoms with Gasteiger partial charge in [0, 0.05) is 37.4 Å². The Balaban J connectivity index is 1.74. The summed E-state index contributed by atoms with van der Waals surface area (Å²) < 4.78 is 15.2. The molecule has 28 heavy (non-hydrogen) atoms. The van der Waals surface area contributed by atoms with Gasteiger partial charge in [0.1, 0.15) is 5.82 Å². The molecule has 148 valence electrons. The summed E-state index contributed by atoms with van der Waals surface area (Å²) >= 11 is 5.83. The van der Waals surface area contributed by atoms with Gasteiger partial charge in [-0.2, -0.15) is 0 Å². The number of pyridine rings is 1. The zero-order valence-electron chi connectivity index (χ0n) is 15.5. The molecule has 8 heteroatoms. The quantitative estimate of drug-likeness (QED) is 0.805. The highest BCUT2D eigenvalue weighted by Gasteiger charge is 2.34. The highest BCUT2D eigenvalue weighted by atomic mass is 35.5. The lowest BCUT2D eigenvalue weighted by Gasteiger charge is -2.33. The van der Waals surface area contributed by atoms with Crippen molar-refractivity contribution in [2.24, 2.45) is 0 Å². The van der Waals surface area contributed by atoms with E-state index in [1.165, 1.54) is 17.0 Å². The van der Waals surface area contributed by atoms with Crippen LogP contribution in [-0.2, 0) is 19.6 Å². The van der Waals surface area contributed by atoms with E-state index in [9.17, 15) is 19.1 Å². The molecule has 2 aliphatic rings. The Morgan fingerprint density at radius 1 is 1.32 bits per heavy atom. The van der Waals surface area contributed by atoms with Crippen molar-refractivity contribution in [1.82, 2.24) is 14.8 Å². The fraction of sp³-hybridized carbons (Fsp3) is 0.400. The molecule has 3 heterocycles. The van der Waals surface area contributed by atoms with Gasteiger partial charge in [0.05, 0.1) is 5.02 Å². The fourth-order valence-corrected chi connectivity index (χ4v) is 4.29. The van der Waals surface area contributed by atoms with Gasteiger partial charge in [-0.05, 0) is 36.6 Å². The van der Waals surface area contributed by atoms with E-state index in [0.29, 0.717) is 30.8 Å². The van der Waals surface area contributed by atoms with Gasteiger partial charge in [-0.25, -0.2) is 4.39 Å². The maximum atomic E-state index is 13.4. The molecular formula is C20H21ClFN3O3. The monoisotopic (exact) mass is 405 g/mol. The van der Waals surface area contributed by atoms with Gasteiger partial charge >= 0.3 is 0 Å². The number of halogens is 2. The van der Waals surface area contributed by atoms with Gasteiger partial charge in [0.15, 0.2) is 11.4 Å². The Morgan fingerprint density at radius 3 is 2.86 bits per heavy atom. The van der Waals surface area contributed by atoms with Crippen LogP contribution in [0.25, 0.3) is 0 Å². The van der Waals surface area contributed by atoms with E-state index < -0.39 is 22.9 Å². The number of aromatic hydroxyl groups is 1. The van der Waals surface area contributed by atoms with Crippen LogP contribution in [-0.4, -0.2) is 33.6 Å². The lowest BCUT2D eigenvalue weighted by Crippen LogP contribution is -2.43. The van der Waals surface area contributed by atoms with Crippen LogP contribution < -0.4 is 10.7 Å². The molecule has 2 aromatic rings. The molecule has 6 nitrogen and oxygen atoms in total. The second-order valence-electron chi connectivity index (χ2n) is 7.38. The summed E-state index contributed by atoms with van der Waals surface area (Å²) in [5.41, 5.74) is 1.62. The first kappa shape index (κ1) is 19.0. The van der Waals surface area contributed by atoms with E-state index in [2.05, 4.69) is 5.32 Å². The van der Waals surface area contributed by atoms with Crippen molar-refractivity contribution < 1.29 is 14.3 Å². The summed E-state index contributed by atoms with van der Waals surface area (Å²) in [6, 6.07) is 4.31. The molecule has 1 aromatic heterocycles. The lowest BCUT2D eigenvalue weighted by atomic mass is 9.95. The molecule has 2 N–H and O–H groups in total. The Kier molecular flexibility index (Phi) is 4.89. The smallest absolute Gasteiger partial charge is 0.274 e. The van der Waals surface area contributed by atoms with Crippen molar-refractivity contribution in [1.29, 1.82) is 0 Å². The Morgan fingerprint density at radius 2 is 2.11 bits per heavy atom. The standard InChI is InChI=1S/C20H21ClFN3O3/c1-11-4-5-23-9-15-16(11)18(26)19(27)17-20(28)24(6-7-25(15)17)10-12-2-3-14(22)13(21)8-12/h2-3,8,11,23,27H,4-7,9-10H2,1H3. The molecule has 0 spiro atoms. The fourth-order valence-electron chi connectivity index (χ4n) is 4.09. The molecule has 1 aromatic carbocycles. The van der Waals surface area contributed by atoms with E-state index in [4.69, 9.17) is 11.6 Å². The third kappa shape index (κ3) is 3.08. The van der Waals surface area contributed by atoms with Crippen molar-refractivity contribution in [2.45, 2.75) is 38.9 Å². The number of benzene rings is 1. The molecule has 0 fully saturated rings. The molecule has 1 atom stereocenters. The van der Waals surface area contributed by atoms with Crippen LogP contribution in [0.2, 0.25) is 5.02 Å². The second kappa shape index (κ2) is 7.22. The summed E-state index contributed by atoms with van der Waals surface area (Å²) in [5, 5.41) is 13.9. The maximum absolute atomic E-state index is 13.4. The molecule has 0 bridgehead atoms. The van der Waals surface area contributed by atoms with Gasteiger partial charge in [-0.15, -0.1) is 0 Å². The zero-order valence-corrected chi connectivity index (χ0v) is 16.2. The van der Waals surface area contributed by atoms with Crippen LogP contribution >= 0.6 is 11.6 Å². The lowest BCUT2D eigenvalue weighted by molar-refractivity contribution is 0.0680. The predicted octanol–water partition coefficient (Wildman–Crippen LogP) is 2.60. The molecule has 1 unspecified atom stereocenters. The second-order valence-corrected chi connectivity index (χ2v) is 7.79. The Labute approximate surface area is 166 Å². The first-order valence-electron chi connectivity index (χ1n) is 9.31. The van der Waals surface area contributed by atoms with E-state index in [-0.39, 0.29) is 23.2 Å². The van der Waals surface area contributed by atoms with E-state index in [0.717, 1.165) is 18.7 Å². The topological polar surface area (TPSA) is 74.6 Å². The molecule has 0 saturated carbocycles. The minimum Gasteiger partial charge on any atom is -0.503 e. The molecule has 0 radical (unpaired) electrons. The summed E-state index contributed by atoms with van der Waals surface area (Å²) in [6.45, 7) is 4.34. The number of carbonyl (C=O) groups excluding carboxylic acids is 1. The van der Waals surface area contributed by atoms with Crippen LogP contribution in [0.5, 0.6) is 5.75 Å².